The van der Waals surface area contributed by atoms with Gasteiger partial charge in [-0.05, 0) is 33.1 Å². The molecule has 1 heterocycles. The van der Waals surface area contributed by atoms with Crippen LogP contribution in [0.3, 0.4) is 0 Å². The van der Waals surface area contributed by atoms with Gasteiger partial charge in [0.2, 0.25) is 0 Å². The van der Waals surface area contributed by atoms with Crippen molar-refractivity contribution in [3.05, 3.63) is 0 Å². The highest BCUT2D eigenvalue weighted by Crippen LogP contribution is 2.10. The summed E-state index contributed by atoms with van der Waals surface area (Å²) < 4.78 is 11.0. The highest BCUT2D eigenvalue weighted by molar-refractivity contribution is 4.72. The Morgan fingerprint density at radius 1 is 1.47 bits per heavy atom. The highest BCUT2D eigenvalue weighted by Gasteiger charge is 2.17. The Kier molecular flexibility index (Phi) is 5.03. The lowest BCUT2D eigenvalue weighted by Crippen LogP contribution is -2.39. The van der Waals surface area contributed by atoms with Crippen LogP contribution in [0.25, 0.3) is 0 Å². The number of rotatable bonds is 5. The second-order valence-electron chi connectivity index (χ2n) is 5.56. The zero-order valence-corrected chi connectivity index (χ0v) is 10.5. The molecule has 0 radical (unpaired) electrons. The first-order valence-corrected chi connectivity index (χ1v) is 5.92. The predicted octanol–water partition coefficient (Wildman–Crippen LogP) is 1.82. The number of ether oxygens (including phenoxy) is 2. The van der Waals surface area contributed by atoms with Crippen molar-refractivity contribution in [2.24, 2.45) is 5.92 Å². The molecule has 0 saturated carbocycles. The van der Waals surface area contributed by atoms with Gasteiger partial charge in [-0.1, -0.05) is 6.92 Å². The number of nitrogens with one attached hydrogen (secondary N) is 1. The van der Waals surface area contributed by atoms with Crippen molar-refractivity contribution >= 4 is 0 Å². The van der Waals surface area contributed by atoms with E-state index in [1.165, 1.54) is 0 Å². The van der Waals surface area contributed by atoms with Gasteiger partial charge in [-0.25, -0.2) is 0 Å². The van der Waals surface area contributed by atoms with E-state index in [2.05, 4.69) is 33.0 Å². The van der Waals surface area contributed by atoms with Gasteiger partial charge in [0, 0.05) is 18.7 Å². The van der Waals surface area contributed by atoms with Crippen LogP contribution in [0, 0.1) is 5.92 Å². The van der Waals surface area contributed by atoms with Gasteiger partial charge in [-0.2, -0.15) is 0 Å². The molecule has 0 aromatic rings. The van der Waals surface area contributed by atoms with Crippen LogP contribution in [0.4, 0.5) is 0 Å². The quantitative estimate of drug-likeness (QED) is 0.759. The molecule has 3 heteroatoms. The topological polar surface area (TPSA) is 30.5 Å². The van der Waals surface area contributed by atoms with E-state index in [1.807, 2.05) is 0 Å². The van der Waals surface area contributed by atoms with Crippen LogP contribution in [-0.4, -0.2) is 38.0 Å². The Hall–Kier alpha value is -0.120. The van der Waals surface area contributed by atoms with Gasteiger partial charge in [-0.3, -0.25) is 0 Å². The maximum absolute atomic E-state index is 5.76. The number of hydrogen-bond acceptors (Lipinski definition) is 3. The SMILES string of the molecule is CC(CNC(C)(C)C)COC1CCOC1. The van der Waals surface area contributed by atoms with Crippen LogP contribution in [-0.2, 0) is 9.47 Å². The molecule has 1 fully saturated rings. The van der Waals surface area contributed by atoms with Crippen LogP contribution in [0.1, 0.15) is 34.1 Å². The first-order valence-electron chi connectivity index (χ1n) is 5.92. The summed E-state index contributed by atoms with van der Waals surface area (Å²) in [5.41, 5.74) is 0.199. The summed E-state index contributed by atoms with van der Waals surface area (Å²) in [6.07, 6.45) is 1.39. The van der Waals surface area contributed by atoms with E-state index >= 15 is 0 Å². The zero-order chi connectivity index (χ0) is 11.3. The summed E-state index contributed by atoms with van der Waals surface area (Å²) in [5, 5.41) is 3.49. The van der Waals surface area contributed by atoms with Gasteiger partial charge in [0.1, 0.15) is 0 Å². The maximum atomic E-state index is 5.76. The smallest absolute Gasteiger partial charge is 0.0830 e. The molecule has 0 spiro atoms. The van der Waals surface area contributed by atoms with Crippen LogP contribution >= 0.6 is 0 Å². The van der Waals surface area contributed by atoms with E-state index < -0.39 is 0 Å². The second-order valence-corrected chi connectivity index (χ2v) is 5.56. The summed E-state index contributed by atoms with van der Waals surface area (Å²) in [7, 11) is 0. The summed E-state index contributed by atoms with van der Waals surface area (Å²) in [6, 6.07) is 0. The van der Waals surface area contributed by atoms with Crippen molar-refractivity contribution in [1.29, 1.82) is 0 Å². The molecule has 1 N–H and O–H groups in total. The summed E-state index contributed by atoms with van der Waals surface area (Å²) in [4.78, 5) is 0. The Morgan fingerprint density at radius 3 is 2.73 bits per heavy atom. The van der Waals surface area contributed by atoms with Crippen molar-refractivity contribution in [3.63, 3.8) is 0 Å². The molecule has 15 heavy (non-hydrogen) atoms. The zero-order valence-electron chi connectivity index (χ0n) is 10.5. The summed E-state index contributed by atoms with van der Waals surface area (Å²) >= 11 is 0. The molecule has 3 nitrogen and oxygen atoms in total. The van der Waals surface area contributed by atoms with Crippen molar-refractivity contribution in [2.75, 3.05) is 26.4 Å². The van der Waals surface area contributed by atoms with E-state index in [4.69, 9.17) is 9.47 Å². The molecule has 0 bridgehead atoms. The first kappa shape index (κ1) is 12.9. The first-order chi connectivity index (χ1) is 6.97. The lowest BCUT2D eigenvalue weighted by Gasteiger charge is -2.24. The van der Waals surface area contributed by atoms with Gasteiger partial charge in [0.25, 0.3) is 0 Å². The molecule has 1 saturated heterocycles. The fraction of sp³-hybridized carbons (Fsp3) is 1.00. The maximum Gasteiger partial charge on any atom is 0.0830 e. The fourth-order valence-corrected chi connectivity index (χ4v) is 1.48. The monoisotopic (exact) mass is 215 g/mol. The standard InChI is InChI=1S/C12H25NO2/c1-10(7-13-12(2,3)4)8-15-11-5-6-14-9-11/h10-11,13H,5-9H2,1-4H3. The molecule has 0 aromatic carbocycles. The molecule has 1 aliphatic rings. The normalized spacial score (nSPS) is 24.4. The van der Waals surface area contributed by atoms with Gasteiger partial charge in [-0.15, -0.1) is 0 Å². The Morgan fingerprint density at radius 2 is 2.20 bits per heavy atom. The highest BCUT2D eigenvalue weighted by atomic mass is 16.5. The van der Waals surface area contributed by atoms with Crippen molar-refractivity contribution in [3.8, 4) is 0 Å². The third-order valence-electron chi connectivity index (χ3n) is 2.49. The minimum absolute atomic E-state index is 0.199. The molecular weight excluding hydrogens is 190 g/mol. The molecule has 0 amide bonds. The van der Waals surface area contributed by atoms with Crippen LogP contribution in [0.2, 0.25) is 0 Å². The Bertz CT molecular complexity index is 171. The molecule has 90 valence electrons. The largest absolute Gasteiger partial charge is 0.379 e. The van der Waals surface area contributed by atoms with Gasteiger partial charge in [0.15, 0.2) is 0 Å². The Balaban J connectivity index is 2.05. The molecule has 1 aliphatic heterocycles. The van der Waals surface area contributed by atoms with E-state index in [0.717, 1.165) is 32.8 Å². The Labute approximate surface area is 93.5 Å². The molecule has 2 atom stereocenters. The van der Waals surface area contributed by atoms with Crippen molar-refractivity contribution in [1.82, 2.24) is 5.32 Å². The fourth-order valence-electron chi connectivity index (χ4n) is 1.48. The van der Waals surface area contributed by atoms with Gasteiger partial charge < -0.3 is 14.8 Å². The molecule has 2 unspecified atom stereocenters. The van der Waals surface area contributed by atoms with Crippen LogP contribution < -0.4 is 5.32 Å². The molecular formula is C12H25NO2. The average molecular weight is 215 g/mol. The summed E-state index contributed by atoms with van der Waals surface area (Å²) in [5.74, 6) is 0.560. The van der Waals surface area contributed by atoms with E-state index in [1.54, 1.807) is 0 Å². The lowest BCUT2D eigenvalue weighted by atomic mass is 10.1. The lowest BCUT2D eigenvalue weighted by molar-refractivity contribution is 0.0242. The molecule has 0 aromatic heterocycles. The minimum atomic E-state index is 0.199. The van der Waals surface area contributed by atoms with E-state index in [9.17, 15) is 0 Å². The minimum Gasteiger partial charge on any atom is -0.379 e. The van der Waals surface area contributed by atoms with Crippen LogP contribution in [0.15, 0.2) is 0 Å². The summed E-state index contributed by atoms with van der Waals surface area (Å²) in [6.45, 7) is 12.3. The van der Waals surface area contributed by atoms with E-state index in [0.29, 0.717) is 12.0 Å². The van der Waals surface area contributed by atoms with Gasteiger partial charge >= 0.3 is 0 Å². The third kappa shape index (κ3) is 6.13. The third-order valence-corrected chi connectivity index (χ3v) is 2.49. The van der Waals surface area contributed by atoms with Crippen molar-refractivity contribution in [2.45, 2.75) is 45.8 Å². The molecule has 0 aliphatic carbocycles. The van der Waals surface area contributed by atoms with Crippen molar-refractivity contribution < 1.29 is 9.47 Å². The molecule has 1 rings (SSSR count). The van der Waals surface area contributed by atoms with Crippen LogP contribution in [0.5, 0.6) is 0 Å². The van der Waals surface area contributed by atoms with E-state index in [-0.39, 0.29) is 5.54 Å². The second kappa shape index (κ2) is 5.83. The predicted molar refractivity (Wildman–Crippen MR) is 62.1 cm³/mol. The van der Waals surface area contributed by atoms with Gasteiger partial charge in [0.05, 0.1) is 19.3 Å². The average Bonchev–Trinajstić information content (AvgIpc) is 2.62. The number of hydrogen-bond donors (Lipinski definition) is 1.